The van der Waals surface area contributed by atoms with Crippen LogP contribution in [0.4, 0.5) is 4.39 Å². The Hall–Kier alpha value is -3.23. The number of ether oxygens (including phenoxy) is 1. The number of fused-ring (bicyclic) bond motifs is 1. The summed E-state index contributed by atoms with van der Waals surface area (Å²) in [6.45, 7) is 0.454. The second-order valence-corrected chi connectivity index (χ2v) is 5.42. The zero-order chi connectivity index (χ0) is 17.8. The molecule has 1 aromatic carbocycles. The van der Waals surface area contributed by atoms with E-state index in [1.807, 2.05) is 0 Å². The summed E-state index contributed by atoms with van der Waals surface area (Å²) in [4.78, 5) is 36.4. The SMILES string of the molecule is O=C(NCCN1Cc2cc(F)ccc2OCC1=O)c1ccc(=O)[nH]n1. The van der Waals surface area contributed by atoms with E-state index in [4.69, 9.17) is 4.74 Å². The topological polar surface area (TPSA) is 104 Å². The van der Waals surface area contributed by atoms with E-state index in [1.165, 1.54) is 35.2 Å². The second-order valence-electron chi connectivity index (χ2n) is 5.42. The quantitative estimate of drug-likeness (QED) is 0.815. The summed E-state index contributed by atoms with van der Waals surface area (Å²) in [7, 11) is 0. The molecule has 2 amide bonds. The lowest BCUT2D eigenvalue weighted by molar-refractivity contribution is -0.133. The van der Waals surface area contributed by atoms with Gasteiger partial charge in [-0.25, -0.2) is 9.49 Å². The van der Waals surface area contributed by atoms with Crippen LogP contribution in [0.1, 0.15) is 16.1 Å². The highest BCUT2D eigenvalue weighted by Crippen LogP contribution is 2.24. The van der Waals surface area contributed by atoms with Crippen molar-refractivity contribution in [2.75, 3.05) is 19.7 Å². The van der Waals surface area contributed by atoms with Crippen molar-refractivity contribution >= 4 is 11.8 Å². The zero-order valence-corrected chi connectivity index (χ0v) is 13.1. The van der Waals surface area contributed by atoms with Crippen LogP contribution in [0.5, 0.6) is 5.75 Å². The molecule has 0 unspecified atom stereocenters. The van der Waals surface area contributed by atoms with Gasteiger partial charge in [0.25, 0.3) is 17.4 Å². The first kappa shape index (κ1) is 16.6. The number of hydrogen-bond donors (Lipinski definition) is 2. The van der Waals surface area contributed by atoms with Crippen LogP contribution in [0.2, 0.25) is 0 Å². The van der Waals surface area contributed by atoms with E-state index in [2.05, 4.69) is 15.5 Å². The molecule has 2 heterocycles. The lowest BCUT2D eigenvalue weighted by Gasteiger charge is -2.20. The molecule has 2 N–H and O–H groups in total. The first-order valence-electron chi connectivity index (χ1n) is 7.56. The van der Waals surface area contributed by atoms with Crippen molar-refractivity contribution in [2.45, 2.75) is 6.54 Å². The van der Waals surface area contributed by atoms with E-state index in [-0.39, 0.29) is 37.8 Å². The Labute approximate surface area is 141 Å². The molecule has 9 heteroatoms. The highest BCUT2D eigenvalue weighted by molar-refractivity contribution is 5.92. The maximum absolute atomic E-state index is 13.4. The summed E-state index contributed by atoms with van der Waals surface area (Å²) in [5.41, 5.74) is 0.231. The van der Waals surface area contributed by atoms with Gasteiger partial charge in [-0.1, -0.05) is 0 Å². The summed E-state index contributed by atoms with van der Waals surface area (Å²) < 4.78 is 18.7. The van der Waals surface area contributed by atoms with Gasteiger partial charge in [0, 0.05) is 31.3 Å². The number of aromatic nitrogens is 2. The Kier molecular flexibility index (Phi) is 4.73. The van der Waals surface area contributed by atoms with Gasteiger partial charge in [-0.15, -0.1) is 0 Å². The maximum atomic E-state index is 13.4. The minimum Gasteiger partial charge on any atom is -0.483 e. The third-order valence-electron chi connectivity index (χ3n) is 3.67. The van der Waals surface area contributed by atoms with Gasteiger partial charge in [0.1, 0.15) is 17.3 Å². The molecule has 0 radical (unpaired) electrons. The molecule has 0 aliphatic carbocycles. The van der Waals surface area contributed by atoms with Crippen molar-refractivity contribution in [1.29, 1.82) is 0 Å². The molecule has 1 aliphatic heterocycles. The molecular weight excluding hydrogens is 331 g/mol. The number of H-pyrrole nitrogens is 1. The van der Waals surface area contributed by atoms with Gasteiger partial charge < -0.3 is 15.0 Å². The van der Waals surface area contributed by atoms with Gasteiger partial charge in [-0.05, 0) is 24.3 Å². The molecule has 0 atom stereocenters. The molecule has 0 fully saturated rings. The van der Waals surface area contributed by atoms with Crippen LogP contribution in [0.15, 0.2) is 35.1 Å². The fourth-order valence-electron chi connectivity index (χ4n) is 2.41. The Balaban J connectivity index is 1.60. The fourth-order valence-corrected chi connectivity index (χ4v) is 2.41. The standard InChI is InChI=1S/C16H15FN4O4/c17-11-1-3-13-10(7-11)8-21(15(23)9-25-13)6-5-18-16(24)12-2-4-14(22)20-19-12/h1-4,7H,5-6,8-9H2,(H,18,24)(H,20,22). The van der Waals surface area contributed by atoms with Crippen molar-refractivity contribution in [3.05, 3.63) is 57.8 Å². The number of halogens is 1. The van der Waals surface area contributed by atoms with Crippen LogP contribution in [0, 0.1) is 5.82 Å². The third kappa shape index (κ3) is 4.00. The van der Waals surface area contributed by atoms with Crippen molar-refractivity contribution in [2.24, 2.45) is 0 Å². The summed E-state index contributed by atoms with van der Waals surface area (Å²) in [5.74, 6) is -0.665. The lowest BCUT2D eigenvalue weighted by atomic mass is 10.2. The number of carbonyl (C=O) groups excluding carboxylic acids is 2. The van der Waals surface area contributed by atoms with E-state index in [0.29, 0.717) is 11.3 Å². The Morgan fingerprint density at radius 2 is 2.16 bits per heavy atom. The molecule has 8 nitrogen and oxygen atoms in total. The highest BCUT2D eigenvalue weighted by Gasteiger charge is 2.21. The van der Waals surface area contributed by atoms with Crippen LogP contribution < -0.4 is 15.6 Å². The molecule has 0 saturated heterocycles. The fraction of sp³-hybridized carbons (Fsp3) is 0.250. The summed E-state index contributed by atoms with van der Waals surface area (Å²) in [6, 6.07) is 6.59. The van der Waals surface area contributed by atoms with Gasteiger partial charge in [0.2, 0.25) is 0 Å². The van der Waals surface area contributed by atoms with Crippen molar-refractivity contribution in [1.82, 2.24) is 20.4 Å². The zero-order valence-electron chi connectivity index (χ0n) is 13.1. The van der Waals surface area contributed by atoms with Gasteiger partial charge in [0.05, 0.1) is 0 Å². The number of nitrogens with one attached hydrogen (secondary N) is 2. The molecule has 0 bridgehead atoms. The molecular formula is C16H15FN4O4. The molecule has 1 aliphatic rings. The summed E-state index contributed by atoms with van der Waals surface area (Å²) in [6.07, 6.45) is 0. The number of benzene rings is 1. The first-order valence-corrected chi connectivity index (χ1v) is 7.56. The van der Waals surface area contributed by atoms with Crippen LogP contribution in [-0.2, 0) is 11.3 Å². The molecule has 0 saturated carbocycles. The number of amides is 2. The Morgan fingerprint density at radius 1 is 1.32 bits per heavy atom. The summed E-state index contributed by atoms with van der Waals surface area (Å²) >= 11 is 0. The predicted octanol–water partition coefficient (Wildman–Crippen LogP) is 0.0600. The van der Waals surface area contributed by atoms with Crippen LogP contribution in [-0.4, -0.2) is 46.6 Å². The molecule has 130 valence electrons. The van der Waals surface area contributed by atoms with E-state index < -0.39 is 17.3 Å². The Bertz CT molecular complexity index is 847. The largest absolute Gasteiger partial charge is 0.483 e. The van der Waals surface area contributed by atoms with E-state index >= 15 is 0 Å². The minimum atomic E-state index is -0.471. The molecule has 0 spiro atoms. The average Bonchev–Trinajstić information content (AvgIpc) is 2.74. The molecule has 1 aromatic heterocycles. The second kappa shape index (κ2) is 7.12. The van der Waals surface area contributed by atoms with Gasteiger partial charge in [-0.2, -0.15) is 5.10 Å². The monoisotopic (exact) mass is 346 g/mol. The van der Waals surface area contributed by atoms with Crippen molar-refractivity contribution in [3.63, 3.8) is 0 Å². The van der Waals surface area contributed by atoms with Gasteiger partial charge in [-0.3, -0.25) is 14.4 Å². The maximum Gasteiger partial charge on any atom is 0.271 e. The summed E-state index contributed by atoms with van der Waals surface area (Å²) in [5, 5.41) is 8.40. The van der Waals surface area contributed by atoms with E-state index in [1.54, 1.807) is 0 Å². The lowest BCUT2D eigenvalue weighted by Crippen LogP contribution is -2.39. The van der Waals surface area contributed by atoms with Crippen LogP contribution >= 0.6 is 0 Å². The van der Waals surface area contributed by atoms with E-state index in [0.717, 1.165) is 0 Å². The highest BCUT2D eigenvalue weighted by atomic mass is 19.1. The number of nitrogens with zero attached hydrogens (tertiary/aromatic N) is 2. The average molecular weight is 346 g/mol. The first-order chi connectivity index (χ1) is 12.0. The number of carbonyl (C=O) groups is 2. The smallest absolute Gasteiger partial charge is 0.271 e. The van der Waals surface area contributed by atoms with Gasteiger partial charge in [0.15, 0.2) is 6.61 Å². The number of aromatic amines is 1. The van der Waals surface area contributed by atoms with E-state index in [9.17, 15) is 18.8 Å². The van der Waals surface area contributed by atoms with Crippen molar-refractivity contribution in [3.8, 4) is 5.75 Å². The third-order valence-corrected chi connectivity index (χ3v) is 3.67. The van der Waals surface area contributed by atoms with Crippen molar-refractivity contribution < 1.29 is 18.7 Å². The number of rotatable bonds is 4. The molecule has 3 rings (SSSR count). The Morgan fingerprint density at radius 3 is 2.92 bits per heavy atom. The minimum absolute atomic E-state index is 0.0672. The normalized spacial score (nSPS) is 13.6. The number of hydrogen-bond acceptors (Lipinski definition) is 5. The van der Waals surface area contributed by atoms with Crippen LogP contribution in [0.25, 0.3) is 0 Å². The van der Waals surface area contributed by atoms with Gasteiger partial charge >= 0.3 is 0 Å². The molecule has 2 aromatic rings. The van der Waals surface area contributed by atoms with Crippen LogP contribution in [0.3, 0.4) is 0 Å². The predicted molar refractivity (Wildman–Crippen MR) is 84.5 cm³/mol. The molecule has 25 heavy (non-hydrogen) atoms.